The molecule has 0 aromatic carbocycles. The number of rotatable bonds is 4. The summed E-state index contributed by atoms with van der Waals surface area (Å²) in [7, 11) is 0. The monoisotopic (exact) mass is 264 g/mol. The first kappa shape index (κ1) is 20.8. The van der Waals surface area contributed by atoms with Crippen LogP contribution in [0.5, 0.6) is 0 Å². The minimum atomic E-state index is -0.620. The molecular weight excluding hydrogens is 248 g/mol. The standard InChI is InChI=1S/C5H8O3.C4H6O2.C2H3Cl/c1-2-3-8-5(7)4-6;1-3-6-4(2)5;1-2-3/h2,6H,1,3-4H2;3H,1H2,2H3;2H,1H2. The van der Waals surface area contributed by atoms with E-state index in [1.807, 2.05) is 0 Å². The van der Waals surface area contributed by atoms with E-state index in [1.165, 1.54) is 18.5 Å². The van der Waals surface area contributed by atoms with E-state index in [-0.39, 0.29) is 12.6 Å². The molecule has 0 heterocycles. The van der Waals surface area contributed by atoms with Crippen molar-refractivity contribution in [1.82, 2.24) is 0 Å². The van der Waals surface area contributed by atoms with Crippen molar-refractivity contribution in [2.24, 2.45) is 0 Å². The molecule has 0 aliphatic carbocycles. The lowest BCUT2D eigenvalue weighted by Crippen LogP contribution is -2.08. The second-order valence-corrected chi connectivity index (χ2v) is 2.37. The topological polar surface area (TPSA) is 72.8 Å². The number of halogens is 1. The van der Waals surface area contributed by atoms with E-state index >= 15 is 0 Å². The fourth-order valence-corrected chi connectivity index (χ4v) is 0.315. The Morgan fingerprint density at radius 3 is 2.00 bits per heavy atom. The third-order valence-corrected chi connectivity index (χ3v) is 0.741. The average molecular weight is 265 g/mol. The highest BCUT2D eigenvalue weighted by Gasteiger charge is 1.93. The number of hydrogen-bond acceptors (Lipinski definition) is 5. The van der Waals surface area contributed by atoms with Gasteiger partial charge in [0.15, 0.2) is 0 Å². The number of ether oxygens (including phenoxy) is 2. The van der Waals surface area contributed by atoms with Gasteiger partial charge in [-0.2, -0.15) is 0 Å². The molecule has 0 unspecified atom stereocenters. The van der Waals surface area contributed by atoms with Gasteiger partial charge in [-0.25, -0.2) is 4.79 Å². The van der Waals surface area contributed by atoms with Gasteiger partial charge in [-0.3, -0.25) is 4.79 Å². The number of carbonyl (C=O) groups is 2. The van der Waals surface area contributed by atoms with Crippen LogP contribution < -0.4 is 0 Å². The molecule has 0 fully saturated rings. The van der Waals surface area contributed by atoms with Gasteiger partial charge in [0, 0.05) is 6.92 Å². The molecule has 6 heteroatoms. The number of aliphatic hydroxyl groups excluding tert-OH is 1. The molecule has 0 bridgehead atoms. The predicted octanol–water partition coefficient (Wildman–Crippen LogP) is 1.77. The fourth-order valence-electron chi connectivity index (χ4n) is 0.315. The third-order valence-electron chi connectivity index (χ3n) is 0.741. The van der Waals surface area contributed by atoms with Crippen LogP contribution in [0.2, 0.25) is 0 Å². The minimum Gasteiger partial charge on any atom is -0.460 e. The van der Waals surface area contributed by atoms with Crippen LogP contribution in [-0.2, 0) is 19.1 Å². The summed E-state index contributed by atoms with van der Waals surface area (Å²) in [5.41, 5.74) is 1.22. The number of carbonyl (C=O) groups excluding carboxylic acids is 2. The number of esters is 2. The Balaban J connectivity index is -0.000000193. The fraction of sp³-hybridized carbons (Fsp3) is 0.273. The molecule has 0 radical (unpaired) electrons. The Morgan fingerprint density at radius 1 is 1.35 bits per heavy atom. The number of aliphatic hydroxyl groups is 1. The smallest absolute Gasteiger partial charge is 0.332 e. The summed E-state index contributed by atoms with van der Waals surface area (Å²) < 4.78 is 8.50. The van der Waals surface area contributed by atoms with Crippen molar-refractivity contribution in [3.63, 3.8) is 0 Å². The maximum Gasteiger partial charge on any atom is 0.332 e. The molecule has 1 N–H and O–H groups in total. The van der Waals surface area contributed by atoms with Gasteiger partial charge >= 0.3 is 11.9 Å². The Morgan fingerprint density at radius 2 is 1.82 bits per heavy atom. The molecule has 0 saturated carbocycles. The van der Waals surface area contributed by atoms with Crippen LogP contribution in [0.15, 0.2) is 37.6 Å². The molecular formula is C11H17ClO5. The summed E-state index contributed by atoms with van der Waals surface area (Å²) in [4.78, 5) is 19.8. The van der Waals surface area contributed by atoms with Gasteiger partial charge < -0.3 is 14.6 Å². The van der Waals surface area contributed by atoms with Crippen LogP contribution in [0.1, 0.15) is 6.92 Å². The summed E-state index contributed by atoms with van der Waals surface area (Å²) in [6, 6.07) is 0. The zero-order valence-corrected chi connectivity index (χ0v) is 10.5. The molecule has 0 aliphatic rings. The van der Waals surface area contributed by atoms with Gasteiger partial charge in [0.2, 0.25) is 0 Å². The van der Waals surface area contributed by atoms with Gasteiger partial charge in [-0.15, -0.1) is 0 Å². The van der Waals surface area contributed by atoms with Gasteiger partial charge in [-0.1, -0.05) is 37.4 Å². The maximum absolute atomic E-state index is 10.1. The van der Waals surface area contributed by atoms with Crippen LogP contribution in [0.4, 0.5) is 0 Å². The molecule has 0 atom stereocenters. The highest BCUT2D eigenvalue weighted by atomic mass is 35.5. The second-order valence-electron chi connectivity index (χ2n) is 2.06. The molecule has 5 nitrogen and oxygen atoms in total. The van der Waals surface area contributed by atoms with E-state index in [0.29, 0.717) is 0 Å². The summed E-state index contributed by atoms with van der Waals surface area (Å²) in [5.74, 6) is -0.949. The highest BCUT2D eigenvalue weighted by Crippen LogP contribution is 1.74. The average Bonchev–Trinajstić information content (AvgIpc) is 2.27. The first-order valence-electron chi connectivity index (χ1n) is 4.36. The minimum absolute atomic E-state index is 0.166. The lowest BCUT2D eigenvalue weighted by molar-refractivity contribution is -0.145. The summed E-state index contributed by atoms with van der Waals surface area (Å²) in [6.07, 6.45) is 2.54. The van der Waals surface area contributed by atoms with E-state index in [0.717, 1.165) is 6.26 Å². The van der Waals surface area contributed by atoms with Crippen LogP contribution in [0.3, 0.4) is 0 Å². The normalized spacial score (nSPS) is 7.00. The lowest BCUT2D eigenvalue weighted by atomic mass is 10.7. The quantitative estimate of drug-likeness (QED) is 0.476. The van der Waals surface area contributed by atoms with Crippen LogP contribution in [0, 0.1) is 0 Å². The Kier molecular flexibility index (Phi) is 24.3. The van der Waals surface area contributed by atoms with Crippen molar-refractivity contribution >= 4 is 23.5 Å². The first-order chi connectivity index (χ1) is 7.99. The lowest BCUT2D eigenvalue weighted by Gasteiger charge is -1.94. The van der Waals surface area contributed by atoms with Crippen molar-refractivity contribution in [2.45, 2.75) is 6.92 Å². The summed E-state index contributed by atoms with van der Waals surface area (Å²) in [6.45, 7) is 10.5. The summed E-state index contributed by atoms with van der Waals surface area (Å²) in [5, 5.41) is 8.05. The van der Waals surface area contributed by atoms with Gasteiger partial charge in [0.1, 0.15) is 13.2 Å². The first-order valence-corrected chi connectivity index (χ1v) is 4.80. The van der Waals surface area contributed by atoms with Crippen molar-refractivity contribution < 1.29 is 24.2 Å². The van der Waals surface area contributed by atoms with Gasteiger partial charge in [0.25, 0.3) is 0 Å². The van der Waals surface area contributed by atoms with E-state index in [4.69, 9.17) is 16.7 Å². The third kappa shape index (κ3) is 40.4. The Hall–Kier alpha value is -1.59. The van der Waals surface area contributed by atoms with Gasteiger partial charge in [-0.05, 0) is 5.54 Å². The van der Waals surface area contributed by atoms with E-state index in [9.17, 15) is 9.59 Å². The second kappa shape index (κ2) is 19.9. The van der Waals surface area contributed by atoms with E-state index < -0.39 is 12.6 Å². The van der Waals surface area contributed by atoms with Gasteiger partial charge in [0.05, 0.1) is 6.26 Å². The van der Waals surface area contributed by atoms with Crippen LogP contribution >= 0.6 is 11.6 Å². The largest absolute Gasteiger partial charge is 0.460 e. The number of hydrogen-bond donors (Lipinski definition) is 1. The summed E-state index contributed by atoms with van der Waals surface area (Å²) >= 11 is 4.76. The van der Waals surface area contributed by atoms with Crippen LogP contribution in [-0.4, -0.2) is 30.3 Å². The molecule has 0 aromatic rings. The van der Waals surface area contributed by atoms with Crippen LogP contribution in [0.25, 0.3) is 0 Å². The van der Waals surface area contributed by atoms with E-state index in [1.54, 1.807) is 0 Å². The molecule has 0 amide bonds. The molecule has 0 aromatic heterocycles. The molecule has 0 spiro atoms. The van der Waals surface area contributed by atoms with E-state index in [2.05, 4.69) is 29.2 Å². The molecule has 0 saturated heterocycles. The highest BCUT2D eigenvalue weighted by molar-refractivity contribution is 6.25. The zero-order chi connectivity index (χ0) is 14.1. The predicted molar refractivity (Wildman–Crippen MR) is 66.3 cm³/mol. The zero-order valence-electron chi connectivity index (χ0n) is 9.73. The molecule has 0 rings (SSSR count). The Bertz CT molecular complexity index is 238. The Labute approximate surface area is 106 Å². The maximum atomic E-state index is 10.1. The van der Waals surface area contributed by atoms with Crippen molar-refractivity contribution in [1.29, 1.82) is 0 Å². The van der Waals surface area contributed by atoms with Crippen molar-refractivity contribution in [2.75, 3.05) is 13.2 Å². The molecule has 0 aliphatic heterocycles. The molecule has 17 heavy (non-hydrogen) atoms. The van der Waals surface area contributed by atoms with Crippen molar-refractivity contribution in [3.05, 3.63) is 37.6 Å². The molecule has 98 valence electrons. The van der Waals surface area contributed by atoms with Crippen molar-refractivity contribution in [3.8, 4) is 0 Å². The SMILES string of the molecule is C=CCOC(=O)CO.C=CCl.C=COC(C)=O.